The van der Waals surface area contributed by atoms with E-state index in [1.165, 1.54) is 0 Å². The van der Waals surface area contributed by atoms with Crippen molar-refractivity contribution in [2.45, 2.75) is 18.9 Å². The maximum Gasteiger partial charge on any atom is 0.246 e. The first-order valence-electron chi connectivity index (χ1n) is 4.80. The van der Waals surface area contributed by atoms with Gasteiger partial charge in [0, 0.05) is 12.5 Å². The van der Waals surface area contributed by atoms with Gasteiger partial charge >= 0.3 is 0 Å². The van der Waals surface area contributed by atoms with Crippen LogP contribution >= 0.6 is 0 Å². The van der Waals surface area contributed by atoms with Gasteiger partial charge in [-0.25, -0.2) is 0 Å². The largest absolute Gasteiger partial charge is 0.381 e. The van der Waals surface area contributed by atoms with Crippen molar-refractivity contribution in [3.8, 4) is 0 Å². The molecule has 0 aromatic carbocycles. The number of imide groups is 1. The van der Waals surface area contributed by atoms with Crippen LogP contribution < -0.4 is 10.6 Å². The van der Waals surface area contributed by atoms with Crippen LogP contribution in [-0.2, 0) is 14.3 Å². The lowest BCUT2D eigenvalue weighted by molar-refractivity contribution is -0.139. The van der Waals surface area contributed by atoms with Crippen LogP contribution in [0.1, 0.15) is 13.3 Å². The quantitative estimate of drug-likeness (QED) is 0.532. The molecule has 78 valence electrons. The average Bonchev–Trinajstić information content (AvgIpc) is 2.65. The second-order valence-corrected chi connectivity index (χ2v) is 3.99. The zero-order chi connectivity index (χ0) is 10.2. The zero-order valence-electron chi connectivity index (χ0n) is 8.13. The number of rotatable bonds is 1. The number of piperazine rings is 1. The first-order valence-corrected chi connectivity index (χ1v) is 4.80. The van der Waals surface area contributed by atoms with E-state index >= 15 is 0 Å². The van der Waals surface area contributed by atoms with Gasteiger partial charge in [-0.15, -0.1) is 0 Å². The molecule has 0 bridgehead atoms. The van der Waals surface area contributed by atoms with Gasteiger partial charge in [0.05, 0.1) is 13.2 Å². The summed E-state index contributed by atoms with van der Waals surface area (Å²) >= 11 is 0. The van der Waals surface area contributed by atoms with Gasteiger partial charge in [-0.3, -0.25) is 20.2 Å². The number of ether oxygens (including phenoxy) is 1. The van der Waals surface area contributed by atoms with Crippen LogP contribution in [0, 0.1) is 5.92 Å². The maximum absolute atomic E-state index is 11.7. The molecule has 0 aromatic rings. The molecule has 2 aliphatic heterocycles. The minimum Gasteiger partial charge on any atom is -0.381 e. The molecule has 0 aliphatic carbocycles. The van der Waals surface area contributed by atoms with Crippen molar-refractivity contribution in [1.29, 1.82) is 0 Å². The Balaban J connectivity index is 2.13. The van der Waals surface area contributed by atoms with E-state index in [1.54, 1.807) is 0 Å². The lowest BCUT2D eigenvalue weighted by Gasteiger charge is -2.37. The van der Waals surface area contributed by atoms with Crippen LogP contribution in [0.25, 0.3) is 0 Å². The maximum atomic E-state index is 11.7. The molecule has 2 aliphatic rings. The molecule has 5 nitrogen and oxygen atoms in total. The monoisotopic (exact) mass is 198 g/mol. The Morgan fingerprint density at radius 2 is 2.29 bits per heavy atom. The molecule has 2 heterocycles. The van der Waals surface area contributed by atoms with Crippen molar-refractivity contribution >= 4 is 11.8 Å². The predicted molar refractivity (Wildman–Crippen MR) is 48.5 cm³/mol. The second-order valence-electron chi connectivity index (χ2n) is 3.99. The molecule has 0 aromatic heterocycles. The Labute approximate surface area is 82.2 Å². The lowest BCUT2D eigenvalue weighted by Crippen LogP contribution is -2.67. The Hall–Kier alpha value is -0.940. The van der Waals surface area contributed by atoms with Crippen LogP contribution in [0.3, 0.4) is 0 Å². The van der Waals surface area contributed by atoms with Crippen molar-refractivity contribution in [2.75, 3.05) is 19.8 Å². The third-order valence-electron chi connectivity index (χ3n) is 3.09. The van der Waals surface area contributed by atoms with Crippen LogP contribution in [0.4, 0.5) is 0 Å². The summed E-state index contributed by atoms with van der Waals surface area (Å²) in [6.45, 7) is 3.32. The number of carbonyl (C=O) groups excluding carboxylic acids is 2. The Kier molecular flexibility index (Phi) is 2.28. The van der Waals surface area contributed by atoms with E-state index in [1.807, 2.05) is 6.92 Å². The Bertz CT molecular complexity index is 273. The van der Waals surface area contributed by atoms with Crippen molar-refractivity contribution in [1.82, 2.24) is 10.6 Å². The van der Waals surface area contributed by atoms with Crippen LogP contribution in [0.5, 0.6) is 0 Å². The molecule has 2 unspecified atom stereocenters. The van der Waals surface area contributed by atoms with Gasteiger partial charge in [0.15, 0.2) is 0 Å². The summed E-state index contributed by atoms with van der Waals surface area (Å²) < 4.78 is 5.25. The predicted octanol–water partition coefficient (Wildman–Crippen LogP) is -0.972. The fourth-order valence-electron chi connectivity index (χ4n) is 1.96. The molecule has 2 rings (SSSR count). The molecule has 2 fully saturated rings. The first kappa shape index (κ1) is 9.61. The van der Waals surface area contributed by atoms with E-state index in [0.29, 0.717) is 13.2 Å². The van der Waals surface area contributed by atoms with Crippen molar-refractivity contribution in [3.05, 3.63) is 0 Å². The van der Waals surface area contributed by atoms with Crippen molar-refractivity contribution in [3.63, 3.8) is 0 Å². The SMILES string of the molecule is CC1(C2CCOC2)NCC(=O)NC1=O. The lowest BCUT2D eigenvalue weighted by atomic mass is 9.83. The van der Waals surface area contributed by atoms with E-state index in [0.717, 1.165) is 6.42 Å². The number of hydrogen-bond acceptors (Lipinski definition) is 4. The van der Waals surface area contributed by atoms with E-state index < -0.39 is 5.54 Å². The molecule has 5 heteroatoms. The summed E-state index contributed by atoms with van der Waals surface area (Å²) in [6, 6.07) is 0. The normalized spacial score (nSPS) is 38.5. The average molecular weight is 198 g/mol. The van der Waals surface area contributed by atoms with E-state index in [9.17, 15) is 9.59 Å². The van der Waals surface area contributed by atoms with E-state index in [2.05, 4.69) is 10.6 Å². The molecular formula is C9H14N2O3. The van der Waals surface area contributed by atoms with E-state index in [4.69, 9.17) is 4.74 Å². The van der Waals surface area contributed by atoms with Gasteiger partial charge in [-0.05, 0) is 13.3 Å². The van der Waals surface area contributed by atoms with Crippen LogP contribution in [-0.4, -0.2) is 37.1 Å². The fourth-order valence-corrected chi connectivity index (χ4v) is 1.96. The third-order valence-corrected chi connectivity index (χ3v) is 3.09. The minimum absolute atomic E-state index is 0.163. The number of carbonyl (C=O) groups is 2. The molecule has 2 amide bonds. The summed E-state index contributed by atoms with van der Waals surface area (Å²) in [6.07, 6.45) is 0.866. The molecule has 0 saturated carbocycles. The molecule has 0 radical (unpaired) electrons. The van der Waals surface area contributed by atoms with E-state index in [-0.39, 0.29) is 24.3 Å². The first-order chi connectivity index (χ1) is 6.63. The molecule has 0 spiro atoms. The summed E-state index contributed by atoms with van der Waals surface area (Å²) in [5.41, 5.74) is -0.648. The summed E-state index contributed by atoms with van der Waals surface area (Å²) in [5.74, 6) is -0.328. The number of hydrogen-bond donors (Lipinski definition) is 2. The standard InChI is InChI=1S/C9H14N2O3/c1-9(6-2-3-14-5-6)8(13)11-7(12)4-10-9/h6,10H,2-5H2,1H3,(H,11,12,13). The topological polar surface area (TPSA) is 67.4 Å². The molecule has 2 N–H and O–H groups in total. The zero-order valence-corrected chi connectivity index (χ0v) is 8.13. The highest BCUT2D eigenvalue weighted by Gasteiger charge is 2.45. The van der Waals surface area contributed by atoms with Gasteiger partial charge in [0.2, 0.25) is 11.8 Å². The van der Waals surface area contributed by atoms with Gasteiger partial charge in [0.25, 0.3) is 0 Å². The smallest absolute Gasteiger partial charge is 0.246 e. The van der Waals surface area contributed by atoms with Crippen LogP contribution in [0.2, 0.25) is 0 Å². The van der Waals surface area contributed by atoms with Gasteiger partial charge in [-0.1, -0.05) is 0 Å². The fraction of sp³-hybridized carbons (Fsp3) is 0.778. The number of amides is 2. The van der Waals surface area contributed by atoms with Crippen molar-refractivity contribution in [2.24, 2.45) is 5.92 Å². The van der Waals surface area contributed by atoms with Gasteiger partial charge in [0.1, 0.15) is 5.54 Å². The summed E-state index contributed by atoms with van der Waals surface area (Å²) in [5, 5.41) is 5.35. The minimum atomic E-state index is -0.648. The molecule has 2 atom stereocenters. The third kappa shape index (κ3) is 1.42. The highest BCUT2D eigenvalue weighted by molar-refractivity contribution is 6.03. The highest BCUT2D eigenvalue weighted by Crippen LogP contribution is 2.27. The molecule has 2 saturated heterocycles. The van der Waals surface area contributed by atoms with Gasteiger partial charge in [-0.2, -0.15) is 0 Å². The summed E-state index contributed by atoms with van der Waals surface area (Å²) in [4.78, 5) is 22.6. The Morgan fingerprint density at radius 3 is 2.86 bits per heavy atom. The van der Waals surface area contributed by atoms with Gasteiger partial charge < -0.3 is 4.74 Å². The molecular weight excluding hydrogens is 184 g/mol. The van der Waals surface area contributed by atoms with Crippen LogP contribution in [0.15, 0.2) is 0 Å². The second kappa shape index (κ2) is 3.33. The number of nitrogens with one attached hydrogen (secondary N) is 2. The summed E-state index contributed by atoms with van der Waals surface area (Å²) in [7, 11) is 0. The Morgan fingerprint density at radius 1 is 1.50 bits per heavy atom. The highest BCUT2D eigenvalue weighted by atomic mass is 16.5. The molecule has 14 heavy (non-hydrogen) atoms. The van der Waals surface area contributed by atoms with Crippen molar-refractivity contribution < 1.29 is 14.3 Å².